The molecule has 0 saturated heterocycles. The van der Waals surface area contributed by atoms with Crippen LogP contribution in [0.2, 0.25) is 0 Å². The van der Waals surface area contributed by atoms with Gasteiger partial charge in [0.25, 0.3) is 0 Å². The Labute approximate surface area is 122 Å². The van der Waals surface area contributed by atoms with Crippen molar-refractivity contribution in [2.45, 2.75) is 32.4 Å². The van der Waals surface area contributed by atoms with Gasteiger partial charge in [-0.15, -0.1) is 11.8 Å². The van der Waals surface area contributed by atoms with Gasteiger partial charge in [-0.2, -0.15) is 0 Å². The first kappa shape index (κ1) is 18.6. The number of carbonyl (C=O) groups is 3. The Kier molecular flexibility index (Phi) is 8.05. The molecule has 0 aromatic heterocycles. The summed E-state index contributed by atoms with van der Waals surface area (Å²) in [6.07, 6.45) is -0.716. The van der Waals surface area contributed by atoms with E-state index in [1.807, 2.05) is 0 Å². The van der Waals surface area contributed by atoms with Gasteiger partial charge in [0, 0.05) is 5.75 Å². The molecule has 1 atom stereocenters. The van der Waals surface area contributed by atoms with Crippen molar-refractivity contribution in [2.24, 2.45) is 0 Å². The van der Waals surface area contributed by atoms with E-state index >= 15 is 0 Å². The lowest BCUT2D eigenvalue weighted by molar-refractivity contribution is -0.142. The molecule has 1 amide bonds. The zero-order valence-corrected chi connectivity index (χ0v) is 13.2. The van der Waals surface area contributed by atoms with Gasteiger partial charge in [-0.1, -0.05) is 0 Å². The van der Waals surface area contributed by atoms with E-state index in [-0.39, 0.29) is 11.5 Å². The van der Waals surface area contributed by atoms with Crippen molar-refractivity contribution in [3.05, 3.63) is 0 Å². The maximum atomic E-state index is 11.6. The van der Waals surface area contributed by atoms with Crippen LogP contribution in [-0.4, -0.2) is 55.4 Å². The third-order valence-electron chi connectivity index (χ3n) is 1.91. The van der Waals surface area contributed by atoms with Crippen LogP contribution in [0, 0.1) is 0 Å². The Morgan fingerprint density at radius 2 is 1.75 bits per heavy atom. The molecule has 0 radical (unpaired) electrons. The van der Waals surface area contributed by atoms with Crippen LogP contribution in [0.1, 0.15) is 20.8 Å². The molecule has 0 fully saturated rings. The molecule has 0 rings (SSSR count). The predicted octanol–water partition coefficient (Wildman–Crippen LogP) is 0.959. The summed E-state index contributed by atoms with van der Waals surface area (Å²) >= 11 is 1.15. The lowest BCUT2D eigenvalue weighted by Crippen LogP contribution is -2.45. The molecule has 8 heteroatoms. The number of nitrogens with one attached hydrogen (secondary N) is 1. The molecule has 0 unspecified atom stereocenters. The molecule has 0 saturated carbocycles. The van der Waals surface area contributed by atoms with Crippen LogP contribution in [0.4, 0.5) is 4.79 Å². The van der Waals surface area contributed by atoms with E-state index < -0.39 is 29.7 Å². The van der Waals surface area contributed by atoms with Gasteiger partial charge < -0.3 is 19.5 Å². The molecule has 0 bridgehead atoms. The molecule has 1 N–H and O–H groups in total. The predicted molar refractivity (Wildman–Crippen MR) is 74.5 cm³/mol. The van der Waals surface area contributed by atoms with E-state index in [0.717, 1.165) is 11.8 Å². The van der Waals surface area contributed by atoms with E-state index in [1.165, 1.54) is 14.2 Å². The fraction of sp³-hybridized carbons (Fsp3) is 0.750. The zero-order valence-electron chi connectivity index (χ0n) is 12.3. The molecule has 0 aliphatic rings. The normalized spacial score (nSPS) is 12.2. The minimum absolute atomic E-state index is 0.0833. The standard InChI is InChI=1S/C12H21NO6S/c1-12(2,3)19-11(16)13-8(10(15)18-5)6-20-7-9(14)17-4/h8H,6-7H2,1-5H3,(H,13,16)/t8-/m1/s1. The SMILES string of the molecule is COC(=O)CSC[C@@H](NC(=O)OC(C)(C)C)C(=O)OC. The van der Waals surface area contributed by atoms with Crippen LogP contribution in [0.15, 0.2) is 0 Å². The second kappa shape index (κ2) is 8.68. The van der Waals surface area contributed by atoms with Crippen molar-refractivity contribution in [3.63, 3.8) is 0 Å². The van der Waals surface area contributed by atoms with Crippen LogP contribution in [0.25, 0.3) is 0 Å². The highest BCUT2D eigenvalue weighted by Crippen LogP contribution is 2.09. The number of rotatable bonds is 6. The second-order valence-electron chi connectivity index (χ2n) is 4.81. The number of ether oxygens (including phenoxy) is 3. The van der Waals surface area contributed by atoms with Crippen molar-refractivity contribution < 1.29 is 28.6 Å². The highest BCUT2D eigenvalue weighted by atomic mass is 32.2. The first-order valence-corrected chi connectivity index (χ1v) is 7.07. The summed E-state index contributed by atoms with van der Waals surface area (Å²) in [6.45, 7) is 5.14. The summed E-state index contributed by atoms with van der Waals surface area (Å²) < 4.78 is 14.1. The lowest BCUT2D eigenvalue weighted by Gasteiger charge is -2.22. The molecular formula is C12H21NO6S. The molecule has 0 spiro atoms. The molecule has 0 aromatic carbocycles. The average molecular weight is 307 g/mol. The fourth-order valence-corrected chi connectivity index (χ4v) is 1.94. The number of carbonyl (C=O) groups excluding carboxylic acids is 3. The number of amides is 1. The molecule has 0 aromatic rings. The number of methoxy groups -OCH3 is 2. The maximum absolute atomic E-state index is 11.6. The van der Waals surface area contributed by atoms with E-state index in [4.69, 9.17) is 4.74 Å². The topological polar surface area (TPSA) is 90.9 Å². The Hall–Kier alpha value is -1.44. The third kappa shape index (κ3) is 8.63. The monoisotopic (exact) mass is 307 g/mol. The quantitative estimate of drug-likeness (QED) is 0.577. The van der Waals surface area contributed by atoms with Gasteiger partial charge >= 0.3 is 18.0 Å². The average Bonchev–Trinajstić information content (AvgIpc) is 2.34. The van der Waals surface area contributed by atoms with Gasteiger partial charge in [0.2, 0.25) is 0 Å². The fourth-order valence-electron chi connectivity index (χ4n) is 1.08. The first-order chi connectivity index (χ1) is 9.19. The smallest absolute Gasteiger partial charge is 0.408 e. The largest absolute Gasteiger partial charge is 0.468 e. The zero-order chi connectivity index (χ0) is 15.8. The van der Waals surface area contributed by atoms with Crippen LogP contribution >= 0.6 is 11.8 Å². The van der Waals surface area contributed by atoms with Gasteiger partial charge in [-0.05, 0) is 20.8 Å². The minimum atomic E-state index is -0.885. The number of hydrogen-bond acceptors (Lipinski definition) is 7. The summed E-state index contributed by atoms with van der Waals surface area (Å²) in [5, 5.41) is 2.41. The molecule has 0 aliphatic carbocycles. The van der Waals surface area contributed by atoms with Gasteiger partial charge in [0.15, 0.2) is 0 Å². The van der Waals surface area contributed by atoms with Crippen molar-refractivity contribution >= 4 is 29.8 Å². The molecular weight excluding hydrogens is 286 g/mol. The van der Waals surface area contributed by atoms with Crippen molar-refractivity contribution in [1.29, 1.82) is 0 Å². The van der Waals surface area contributed by atoms with Crippen LogP contribution in [0.5, 0.6) is 0 Å². The van der Waals surface area contributed by atoms with Crippen LogP contribution < -0.4 is 5.32 Å². The van der Waals surface area contributed by atoms with Crippen molar-refractivity contribution in [2.75, 3.05) is 25.7 Å². The van der Waals surface area contributed by atoms with Gasteiger partial charge in [0.1, 0.15) is 11.6 Å². The summed E-state index contributed by atoms with van der Waals surface area (Å²) in [5.74, 6) is -0.745. The Morgan fingerprint density at radius 3 is 2.20 bits per heavy atom. The lowest BCUT2D eigenvalue weighted by atomic mass is 10.2. The summed E-state index contributed by atoms with van der Waals surface area (Å²) in [4.78, 5) is 34.1. The van der Waals surface area contributed by atoms with Gasteiger partial charge in [-0.25, -0.2) is 9.59 Å². The second-order valence-corrected chi connectivity index (χ2v) is 5.84. The molecule has 116 valence electrons. The summed E-state index contributed by atoms with van der Waals surface area (Å²) in [6, 6.07) is -0.885. The highest BCUT2D eigenvalue weighted by Gasteiger charge is 2.25. The Morgan fingerprint density at radius 1 is 1.15 bits per heavy atom. The number of alkyl carbamates (subject to hydrolysis) is 1. The van der Waals surface area contributed by atoms with Gasteiger partial charge in [-0.3, -0.25) is 4.79 Å². The third-order valence-corrected chi connectivity index (χ3v) is 2.92. The van der Waals surface area contributed by atoms with Gasteiger partial charge in [0.05, 0.1) is 20.0 Å². The minimum Gasteiger partial charge on any atom is -0.468 e. The Balaban J connectivity index is 4.39. The molecule has 0 aliphatic heterocycles. The van der Waals surface area contributed by atoms with E-state index in [2.05, 4.69) is 14.8 Å². The summed E-state index contributed by atoms with van der Waals surface area (Å²) in [7, 11) is 2.50. The van der Waals surface area contributed by atoms with Crippen molar-refractivity contribution in [3.8, 4) is 0 Å². The van der Waals surface area contributed by atoms with E-state index in [0.29, 0.717) is 0 Å². The van der Waals surface area contributed by atoms with E-state index in [1.54, 1.807) is 20.8 Å². The Bertz CT molecular complexity index is 352. The van der Waals surface area contributed by atoms with Crippen LogP contribution in [-0.2, 0) is 23.8 Å². The summed E-state index contributed by atoms with van der Waals surface area (Å²) in [5.41, 5.74) is -0.663. The molecule has 0 heterocycles. The molecule has 7 nitrogen and oxygen atoms in total. The number of hydrogen-bond donors (Lipinski definition) is 1. The highest BCUT2D eigenvalue weighted by molar-refractivity contribution is 8.00. The van der Waals surface area contributed by atoms with Crippen molar-refractivity contribution in [1.82, 2.24) is 5.32 Å². The number of esters is 2. The van der Waals surface area contributed by atoms with E-state index in [9.17, 15) is 14.4 Å². The first-order valence-electron chi connectivity index (χ1n) is 5.91. The maximum Gasteiger partial charge on any atom is 0.408 e. The molecule has 20 heavy (non-hydrogen) atoms. The van der Waals surface area contributed by atoms with Crippen LogP contribution in [0.3, 0.4) is 0 Å². The number of thioether (sulfide) groups is 1.